The largest absolute Gasteiger partial charge is 0.357 e. The maximum Gasteiger partial charge on any atom is 0.168 e. The van der Waals surface area contributed by atoms with Gasteiger partial charge in [-0.2, -0.15) is 0 Å². The summed E-state index contributed by atoms with van der Waals surface area (Å²) in [6, 6.07) is 9.23. The SMILES string of the molecule is CN1CCC(N(C)c2cccc(CC(=O)c3ccc(F)c(F)c3)n2)CC1. The molecular weight excluding hydrogens is 336 g/mol. The number of Topliss-reactive ketones (excluding diaryl/α,β-unsaturated/α-hetero) is 1. The molecule has 0 saturated carbocycles. The van der Waals surface area contributed by atoms with E-state index in [0.29, 0.717) is 11.7 Å². The minimum atomic E-state index is -1.01. The molecule has 1 aliphatic heterocycles. The predicted molar refractivity (Wildman–Crippen MR) is 97.6 cm³/mol. The van der Waals surface area contributed by atoms with Gasteiger partial charge < -0.3 is 9.80 Å². The molecule has 0 amide bonds. The van der Waals surface area contributed by atoms with Crippen molar-refractivity contribution >= 4 is 11.6 Å². The first kappa shape index (κ1) is 18.5. The topological polar surface area (TPSA) is 36.4 Å². The summed E-state index contributed by atoms with van der Waals surface area (Å²) in [5.74, 6) is -1.42. The van der Waals surface area contributed by atoms with E-state index in [2.05, 4.69) is 21.8 Å². The van der Waals surface area contributed by atoms with Gasteiger partial charge in [-0.05, 0) is 63.3 Å². The van der Waals surface area contributed by atoms with Crippen LogP contribution in [0.2, 0.25) is 0 Å². The van der Waals surface area contributed by atoms with Crippen LogP contribution in [0.1, 0.15) is 28.9 Å². The Hall–Kier alpha value is -2.34. The Kier molecular flexibility index (Phi) is 5.61. The van der Waals surface area contributed by atoms with Crippen LogP contribution in [-0.2, 0) is 6.42 Å². The van der Waals surface area contributed by atoms with E-state index in [1.807, 2.05) is 19.2 Å². The van der Waals surface area contributed by atoms with Crippen LogP contribution in [-0.4, -0.2) is 48.9 Å². The standard InChI is InChI=1S/C20H23F2N3O/c1-24-10-8-16(9-11-24)25(2)20-5-3-4-15(23-20)13-19(26)14-6-7-17(21)18(22)12-14/h3-7,12,16H,8-11,13H2,1-2H3. The third-order valence-electron chi connectivity index (χ3n) is 4.97. The molecule has 0 bridgehead atoms. The molecule has 1 saturated heterocycles. The normalized spacial score (nSPS) is 15.8. The van der Waals surface area contributed by atoms with Crippen LogP contribution >= 0.6 is 0 Å². The minimum absolute atomic E-state index is 0.0557. The van der Waals surface area contributed by atoms with E-state index in [1.165, 1.54) is 6.07 Å². The molecular formula is C20H23F2N3O. The predicted octanol–water partition coefficient (Wildman–Crippen LogP) is 3.32. The summed E-state index contributed by atoms with van der Waals surface area (Å²) in [6.07, 6.45) is 2.21. The number of anilines is 1. The zero-order chi connectivity index (χ0) is 18.7. The molecule has 6 heteroatoms. The molecule has 3 rings (SSSR count). The van der Waals surface area contributed by atoms with Crippen LogP contribution in [0.4, 0.5) is 14.6 Å². The highest BCUT2D eigenvalue weighted by atomic mass is 19.2. The van der Waals surface area contributed by atoms with E-state index in [9.17, 15) is 13.6 Å². The molecule has 1 aliphatic rings. The lowest BCUT2D eigenvalue weighted by atomic mass is 10.0. The number of nitrogens with zero attached hydrogens (tertiary/aromatic N) is 3. The number of hydrogen-bond acceptors (Lipinski definition) is 4. The summed E-state index contributed by atoms with van der Waals surface area (Å²) in [7, 11) is 4.15. The van der Waals surface area contributed by atoms with Crippen molar-refractivity contribution in [2.24, 2.45) is 0 Å². The molecule has 2 aromatic rings. The van der Waals surface area contributed by atoms with E-state index in [-0.39, 0.29) is 17.8 Å². The summed E-state index contributed by atoms with van der Waals surface area (Å²) in [4.78, 5) is 21.4. The van der Waals surface area contributed by atoms with Crippen LogP contribution in [0.25, 0.3) is 0 Å². The van der Waals surface area contributed by atoms with Gasteiger partial charge in [0.1, 0.15) is 5.82 Å². The molecule has 0 unspecified atom stereocenters. The highest BCUT2D eigenvalue weighted by Gasteiger charge is 2.21. The van der Waals surface area contributed by atoms with Crippen molar-refractivity contribution in [2.75, 3.05) is 32.1 Å². The summed E-state index contributed by atoms with van der Waals surface area (Å²) in [5.41, 5.74) is 0.775. The second kappa shape index (κ2) is 7.91. The Bertz CT molecular complexity index is 788. The van der Waals surface area contributed by atoms with Crippen molar-refractivity contribution in [1.29, 1.82) is 0 Å². The average molecular weight is 359 g/mol. The monoisotopic (exact) mass is 359 g/mol. The van der Waals surface area contributed by atoms with E-state index >= 15 is 0 Å². The number of aromatic nitrogens is 1. The Balaban J connectivity index is 1.70. The van der Waals surface area contributed by atoms with Crippen LogP contribution in [0, 0.1) is 11.6 Å². The van der Waals surface area contributed by atoms with Crippen molar-refractivity contribution in [2.45, 2.75) is 25.3 Å². The van der Waals surface area contributed by atoms with Crippen LogP contribution in [0.3, 0.4) is 0 Å². The number of likely N-dealkylation sites (tertiary alicyclic amines) is 1. The van der Waals surface area contributed by atoms with Gasteiger partial charge in [-0.25, -0.2) is 13.8 Å². The molecule has 0 N–H and O–H groups in total. The molecule has 138 valence electrons. The van der Waals surface area contributed by atoms with Gasteiger partial charge in [0.25, 0.3) is 0 Å². The Morgan fingerprint density at radius 3 is 2.62 bits per heavy atom. The van der Waals surface area contributed by atoms with Crippen molar-refractivity contribution < 1.29 is 13.6 Å². The lowest BCUT2D eigenvalue weighted by Gasteiger charge is -2.35. The number of benzene rings is 1. The van der Waals surface area contributed by atoms with Gasteiger partial charge >= 0.3 is 0 Å². The molecule has 1 aromatic carbocycles. The Morgan fingerprint density at radius 2 is 1.92 bits per heavy atom. The number of hydrogen-bond donors (Lipinski definition) is 0. The summed E-state index contributed by atoms with van der Waals surface area (Å²) in [6.45, 7) is 2.12. The highest BCUT2D eigenvalue weighted by molar-refractivity contribution is 5.97. The van der Waals surface area contributed by atoms with Crippen LogP contribution < -0.4 is 4.90 Å². The van der Waals surface area contributed by atoms with Crippen molar-refractivity contribution in [3.8, 4) is 0 Å². The first-order chi connectivity index (χ1) is 12.4. The number of carbonyl (C=O) groups excluding carboxylic acids is 1. The van der Waals surface area contributed by atoms with E-state index in [1.54, 1.807) is 6.07 Å². The minimum Gasteiger partial charge on any atom is -0.357 e. The van der Waals surface area contributed by atoms with Crippen molar-refractivity contribution in [3.63, 3.8) is 0 Å². The van der Waals surface area contributed by atoms with Gasteiger partial charge in [0.05, 0.1) is 12.1 Å². The molecule has 0 aliphatic carbocycles. The number of carbonyl (C=O) groups is 1. The zero-order valence-corrected chi connectivity index (χ0v) is 15.1. The second-order valence-electron chi connectivity index (χ2n) is 6.86. The number of halogens is 2. The fourth-order valence-corrected chi connectivity index (χ4v) is 3.27. The smallest absolute Gasteiger partial charge is 0.168 e. The average Bonchev–Trinajstić information content (AvgIpc) is 2.64. The van der Waals surface area contributed by atoms with Crippen LogP contribution in [0.15, 0.2) is 36.4 Å². The first-order valence-corrected chi connectivity index (χ1v) is 8.79. The lowest BCUT2D eigenvalue weighted by Crippen LogP contribution is -2.42. The van der Waals surface area contributed by atoms with E-state index in [4.69, 9.17) is 0 Å². The van der Waals surface area contributed by atoms with Crippen molar-refractivity contribution in [1.82, 2.24) is 9.88 Å². The molecule has 0 atom stereocenters. The number of rotatable bonds is 5. The maximum absolute atomic E-state index is 13.3. The molecule has 0 radical (unpaired) electrons. The number of ketones is 1. The fourth-order valence-electron chi connectivity index (χ4n) is 3.27. The van der Waals surface area contributed by atoms with Crippen LogP contribution in [0.5, 0.6) is 0 Å². The molecule has 1 fully saturated rings. The summed E-state index contributed by atoms with van der Waals surface area (Å²) >= 11 is 0. The highest BCUT2D eigenvalue weighted by Crippen LogP contribution is 2.21. The molecule has 4 nitrogen and oxygen atoms in total. The third-order valence-corrected chi connectivity index (χ3v) is 4.97. The third kappa shape index (κ3) is 4.25. The maximum atomic E-state index is 13.3. The quantitative estimate of drug-likeness (QED) is 0.768. The van der Waals surface area contributed by atoms with Gasteiger partial charge in [0.15, 0.2) is 17.4 Å². The summed E-state index contributed by atoms with van der Waals surface area (Å²) in [5, 5.41) is 0. The van der Waals surface area contributed by atoms with Gasteiger partial charge in [0, 0.05) is 18.7 Å². The summed E-state index contributed by atoms with van der Waals surface area (Å²) < 4.78 is 26.4. The van der Waals surface area contributed by atoms with Gasteiger partial charge in [-0.3, -0.25) is 4.79 Å². The first-order valence-electron chi connectivity index (χ1n) is 8.79. The Morgan fingerprint density at radius 1 is 1.19 bits per heavy atom. The van der Waals surface area contributed by atoms with Gasteiger partial charge in [-0.1, -0.05) is 6.07 Å². The molecule has 26 heavy (non-hydrogen) atoms. The molecule has 0 spiro atoms. The van der Waals surface area contributed by atoms with E-state index in [0.717, 1.165) is 43.9 Å². The number of piperidine rings is 1. The molecule has 1 aromatic heterocycles. The zero-order valence-electron chi connectivity index (χ0n) is 15.1. The second-order valence-corrected chi connectivity index (χ2v) is 6.86. The number of pyridine rings is 1. The Labute approximate surface area is 152 Å². The fraction of sp³-hybridized carbons (Fsp3) is 0.400. The lowest BCUT2D eigenvalue weighted by molar-refractivity contribution is 0.0991. The van der Waals surface area contributed by atoms with Crippen molar-refractivity contribution in [3.05, 3.63) is 59.3 Å². The van der Waals surface area contributed by atoms with Gasteiger partial charge in [0.2, 0.25) is 0 Å². The van der Waals surface area contributed by atoms with Gasteiger partial charge in [-0.15, -0.1) is 0 Å². The van der Waals surface area contributed by atoms with E-state index < -0.39 is 11.6 Å². The molecule has 2 heterocycles.